The molecule has 1 aliphatic heterocycles. The quantitative estimate of drug-likeness (QED) is 0.681. The summed E-state index contributed by atoms with van der Waals surface area (Å²) in [5, 5.41) is 9.03. The van der Waals surface area contributed by atoms with E-state index < -0.39 is 12.0 Å². The van der Waals surface area contributed by atoms with Gasteiger partial charge in [-0.1, -0.05) is 20.3 Å². The Kier molecular flexibility index (Phi) is 3.44. The van der Waals surface area contributed by atoms with Gasteiger partial charge in [-0.05, 0) is 5.92 Å². The van der Waals surface area contributed by atoms with Crippen LogP contribution in [-0.2, 0) is 14.4 Å². The second-order valence-corrected chi connectivity index (χ2v) is 3.91. The van der Waals surface area contributed by atoms with Gasteiger partial charge in [-0.2, -0.15) is 0 Å². The molecule has 1 amide bonds. The number of aliphatic carboxylic acids is 1. The zero-order chi connectivity index (χ0) is 11.6. The molecule has 15 heavy (non-hydrogen) atoms. The van der Waals surface area contributed by atoms with Crippen LogP contribution >= 0.6 is 0 Å². The number of hydrogen-bond acceptors (Lipinski definition) is 3. The van der Waals surface area contributed by atoms with Gasteiger partial charge < -0.3 is 10.0 Å². The first kappa shape index (κ1) is 11.7. The first-order valence-electron chi connectivity index (χ1n) is 5.01. The van der Waals surface area contributed by atoms with E-state index in [-0.39, 0.29) is 30.6 Å². The monoisotopic (exact) mass is 213 g/mol. The highest BCUT2D eigenvalue weighted by atomic mass is 16.4. The zero-order valence-corrected chi connectivity index (χ0v) is 8.90. The maximum Gasteiger partial charge on any atom is 0.326 e. The highest BCUT2D eigenvalue weighted by molar-refractivity contribution is 6.06. The smallest absolute Gasteiger partial charge is 0.326 e. The number of hydrogen-bond donors (Lipinski definition) is 1. The molecule has 0 bridgehead atoms. The van der Waals surface area contributed by atoms with Crippen LogP contribution in [0.4, 0.5) is 0 Å². The average Bonchev–Trinajstić information content (AvgIpc) is 2.45. The number of rotatable bonds is 4. The fourth-order valence-electron chi connectivity index (χ4n) is 1.76. The highest BCUT2D eigenvalue weighted by Crippen LogP contribution is 2.19. The van der Waals surface area contributed by atoms with Crippen molar-refractivity contribution in [3.05, 3.63) is 0 Å². The van der Waals surface area contributed by atoms with Crippen molar-refractivity contribution in [2.75, 3.05) is 6.54 Å². The van der Waals surface area contributed by atoms with Gasteiger partial charge in [0.1, 0.15) is 6.04 Å². The van der Waals surface area contributed by atoms with Crippen LogP contribution in [-0.4, -0.2) is 40.3 Å². The molecule has 0 aromatic carbocycles. The maximum absolute atomic E-state index is 11.4. The van der Waals surface area contributed by atoms with Crippen molar-refractivity contribution in [3.63, 3.8) is 0 Å². The van der Waals surface area contributed by atoms with Crippen LogP contribution in [0.2, 0.25) is 0 Å². The molecule has 0 radical (unpaired) electrons. The van der Waals surface area contributed by atoms with Crippen molar-refractivity contribution in [1.29, 1.82) is 0 Å². The van der Waals surface area contributed by atoms with Gasteiger partial charge >= 0.3 is 5.97 Å². The number of carbonyl (C=O) groups excluding carboxylic acids is 2. The van der Waals surface area contributed by atoms with E-state index in [1.54, 1.807) is 6.92 Å². The molecule has 1 aliphatic rings. The third kappa shape index (κ3) is 2.34. The van der Waals surface area contributed by atoms with Crippen molar-refractivity contribution in [3.8, 4) is 0 Å². The summed E-state index contributed by atoms with van der Waals surface area (Å²) in [7, 11) is 0. The van der Waals surface area contributed by atoms with Crippen LogP contribution in [0.3, 0.4) is 0 Å². The van der Waals surface area contributed by atoms with Crippen molar-refractivity contribution >= 4 is 17.7 Å². The molecule has 0 spiro atoms. The molecule has 1 fully saturated rings. The number of amides is 1. The van der Waals surface area contributed by atoms with Crippen molar-refractivity contribution < 1.29 is 19.5 Å². The first-order valence-corrected chi connectivity index (χ1v) is 5.01. The fourth-order valence-corrected chi connectivity index (χ4v) is 1.76. The van der Waals surface area contributed by atoms with Crippen LogP contribution in [0, 0.1) is 5.92 Å². The van der Waals surface area contributed by atoms with E-state index in [4.69, 9.17) is 5.11 Å². The van der Waals surface area contributed by atoms with Crippen molar-refractivity contribution in [2.45, 2.75) is 32.7 Å². The molecule has 5 nitrogen and oxygen atoms in total. The fraction of sp³-hybridized carbons (Fsp3) is 0.700. The summed E-state index contributed by atoms with van der Waals surface area (Å²) in [5.74, 6) is -1.74. The minimum Gasteiger partial charge on any atom is -0.480 e. The van der Waals surface area contributed by atoms with Crippen LogP contribution in [0.15, 0.2) is 0 Å². The molecular weight excluding hydrogens is 198 g/mol. The minimum atomic E-state index is -1.03. The Morgan fingerprint density at radius 1 is 1.53 bits per heavy atom. The summed E-state index contributed by atoms with van der Waals surface area (Å²) in [6, 6.07) is -0.867. The average molecular weight is 213 g/mol. The molecule has 1 N–H and O–H groups in total. The van der Waals surface area contributed by atoms with Crippen LogP contribution in [0.25, 0.3) is 0 Å². The Balaban J connectivity index is 2.85. The summed E-state index contributed by atoms with van der Waals surface area (Å²) < 4.78 is 0. The van der Waals surface area contributed by atoms with Gasteiger partial charge in [0.15, 0.2) is 5.78 Å². The normalized spacial score (nSPS) is 20.5. The zero-order valence-electron chi connectivity index (χ0n) is 8.90. The Hall–Kier alpha value is -1.39. The summed E-state index contributed by atoms with van der Waals surface area (Å²) in [5.41, 5.74) is 0. The summed E-state index contributed by atoms with van der Waals surface area (Å²) in [6.45, 7) is 3.58. The lowest BCUT2D eigenvalue weighted by atomic mass is 9.98. The van der Waals surface area contributed by atoms with Crippen molar-refractivity contribution in [2.24, 2.45) is 5.92 Å². The molecule has 0 aromatic rings. The third-order valence-corrected chi connectivity index (χ3v) is 2.79. The number of carboxylic acid groups (broad SMARTS) is 1. The minimum absolute atomic E-state index is 0.0554. The van der Waals surface area contributed by atoms with Gasteiger partial charge in [0, 0.05) is 0 Å². The maximum atomic E-state index is 11.4. The Morgan fingerprint density at radius 3 is 2.47 bits per heavy atom. The number of ketones is 1. The number of carboxylic acids is 1. The topological polar surface area (TPSA) is 74.7 Å². The molecule has 0 aromatic heterocycles. The van der Waals surface area contributed by atoms with Crippen LogP contribution in [0.1, 0.15) is 26.7 Å². The molecule has 1 heterocycles. The van der Waals surface area contributed by atoms with E-state index in [9.17, 15) is 14.4 Å². The molecule has 0 aliphatic carbocycles. The molecule has 2 atom stereocenters. The molecule has 2 unspecified atom stereocenters. The summed E-state index contributed by atoms with van der Waals surface area (Å²) >= 11 is 0. The van der Waals surface area contributed by atoms with Gasteiger partial charge in [-0.3, -0.25) is 9.59 Å². The van der Waals surface area contributed by atoms with Gasteiger partial charge in [0.2, 0.25) is 5.91 Å². The SMILES string of the molecule is CCC(C)C(C(=O)O)N1CC(=O)CC1=O. The molecule has 84 valence electrons. The van der Waals surface area contributed by atoms with Crippen molar-refractivity contribution in [1.82, 2.24) is 4.90 Å². The number of carbonyl (C=O) groups is 3. The second kappa shape index (κ2) is 4.42. The predicted octanol–water partition coefficient (Wildman–Crippen LogP) is 0.287. The van der Waals surface area contributed by atoms with E-state index in [0.717, 1.165) is 0 Å². The molecule has 5 heteroatoms. The predicted molar refractivity (Wildman–Crippen MR) is 52.2 cm³/mol. The lowest BCUT2D eigenvalue weighted by molar-refractivity contribution is -0.150. The summed E-state index contributed by atoms with van der Waals surface area (Å²) in [4.78, 5) is 34.7. The Morgan fingerprint density at radius 2 is 2.13 bits per heavy atom. The molecule has 0 saturated carbocycles. The second-order valence-electron chi connectivity index (χ2n) is 3.91. The Bertz CT molecular complexity index is 300. The lowest BCUT2D eigenvalue weighted by Crippen LogP contribution is -2.46. The van der Waals surface area contributed by atoms with Crippen LogP contribution < -0.4 is 0 Å². The standard InChI is InChI=1S/C10H15NO4/c1-3-6(2)9(10(14)15)11-5-7(12)4-8(11)13/h6,9H,3-5H2,1-2H3,(H,14,15). The van der Waals surface area contributed by atoms with Crippen LogP contribution in [0.5, 0.6) is 0 Å². The third-order valence-electron chi connectivity index (χ3n) is 2.79. The van der Waals surface area contributed by atoms with Gasteiger partial charge in [0.05, 0.1) is 13.0 Å². The van der Waals surface area contributed by atoms with Gasteiger partial charge in [-0.15, -0.1) is 0 Å². The van der Waals surface area contributed by atoms with E-state index in [1.165, 1.54) is 4.90 Å². The molecule has 1 saturated heterocycles. The number of likely N-dealkylation sites (tertiary alicyclic amines) is 1. The highest BCUT2D eigenvalue weighted by Gasteiger charge is 2.39. The number of Topliss-reactive ketones (excluding diaryl/α,β-unsaturated/α-hetero) is 1. The van der Waals surface area contributed by atoms with Gasteiger partial charge in [0.25, 0.3) is 0 Å². The molecular formula is C10H15NO4. The van der Waals surface area contributed by atoms with E-state index in [0.29, 0.717) is 6.42 Å². The van der Waals surface area contributed by atoms with E-state index in [2.05, 4.69) is 0 Å². The first-order chi connectivity index (χ1) is 6.97. The largest absolute Gasteiger partial charge is 0.480 e. The number of nitrogens with zero attached hydrogens (tertiary/aromatic N) is 1. The Labute approximate surface area is 88.1 Å². The van der Waals surface area contributed by atoms with E-state index in [1.807, 2.05) is 6.92 Å². The molecule has 1 rings (SSSR count). The summed E-state index contributed by atoms with van der Waals surface area (Å²) in [6.07, 6.45) is 0.509. The van der Waals surface area contributed by atoms with Gasteiger partial charge in [-0.25, -0.2) is 4.79 Å². The lowest BCUT2D eigenvalue weighted by Gasteiger charge is -2.27. The van der Waals surface area contributed by atoms with E-state index >= 15 is 0 Å².